The molecule has 0 radical (unpaired) electrons. The molecule has 0 unspecified atom stereocenters. The fraction of sp³-hybridized carbons (Fsp3) is 0.350. The maximum atomic E-state index is 15.0. The Hall–Kier alpha value is -3.18. The van der Waals surface area contributed by atoms with Gasteiger partial charge in [0.05, 0.1) is 24.6 Å². The van der Waals surface area contributed by atoms with Crippen LogP contribution in [-0.2, 0) is 16.9 Å². The van der Waals surface area contributed by atoms with Gasteiger partial charge >= 0.3 is 0 Å². The van der Waals surface area contributed by atoms with Crippen molar-refractivity contribution in [2.24, 2.45) is 0 Å². The fourth-order valence-electron chi connectivity index (χ4n) is 3.60. The average Bonchev–Trinajstić information content (AvgIpc) is 3.07. The molecule has 8 heteroatoms. The van der Waals surface area contributed by atoms with Crippen LogP contribution in [0.2, 0.25) is 0 Å². The Morgan fingerprint density at radius 3 is 2.93 bits per heavy atom. The van der Waals surface area contributed by atoms with Gasteiger partial charge in [-0.2, -0.15) is 10.4 Å². The van der Waals surface area contributed by atoms with E-state index < -0.39 is 11.7 Å². The summed E-state index contributed by atoms with van der Waals surface area (Å²) >= 11 is 0. The van der Waals surface area contributed by atoms with Gasteiger partial charge in [0.15, 0.2) is 5.82 Å². The molecule has 0 amide bonds. The third-order valence-corrected chi connectivity index (χ3v) is 5.06. The van der Waals surface area contributed by atoms with Gasteiger partial charge in [0.2, 0.25) is 5.88 Å². The molecule has 1 aliphatic rings. The summed E-state index contributed by atoms with van der Waals surface area (Å²) in [6.07, 6.45) is 0.417. The second-order valence-electron chi connectivity index (χ2n) is 6.83. The predicted octanol–water partition coefficient (Wildman–Crippen LogP) is 2.96. The molecule has 1 aromatic carbocycles. The molecule has 2 atom stereocenters. The highest BCUT2D eigenvalue weighted by molar-refractivity contribution is 5.93. The second kappa shape index (κ2) is 7.44. The number of halogens is 1. The van der Waals surface area contributed by atoms with Crippen LogP contribution in [0.3, 0.4) is 0 Å². The SMILES string of the molecule is N#CC[C@@]1(n2nc(N)c3c(OCc4ccccc4)nccc32)COCC[C@@H]1F. The van der Waals surface area contributed by atoms with E-state index in [0.717, 1.165) is 5.56 Å². The van der Waals surface area contributed by atoms with Gasteiger partial charge < -0.3 is 15.2 Å². The normalized spacial score (nSPS) is 22.1. The molecule has 1 fully saturated rings. The molecule has 0 aliphatic carbocycles. The Labute approximate surface area is 161 Å². The van der Waals surface area contributed by atoms with Crippen LogP contribution in [0.15, 0.2) is 42.6 Å². The number of ether oxygens (including phenoxy) is 2. The third kappa shape index (κ3) is 3.04. The number of nitrogens with two attached hydrogens (primary N) is 1. The first-order valence-electron chi connectivity index (χ1n) is 9.05. The Morgan fingerprint density at radius 1 is 1.36 bits per heavy atom. The van der Waals surface area contributed by atoms with E-state index in [-0.39, 0.29) is 25.3 Å². The summed E-state index contributed by atoms with van der Waals surface area (Å²) < 4.78 is 27.9. The van der Waals surface area contributed by atoms with Crippen LogP contribution < -0.4 is 10.5 Å². The molecule has 0 bridgehead atoms. The van der Waals surface area contributed by atoms with Gasteiger partial charge in [0.25, 0.3) is 0 Å². The van der Waals surface area contributed by atoms with Crippen LogP contribution in [0.4, 0.5) is 10.2 Å². The Kier molecular flexibility index (Phi) is 4.84. The van der Waals surface area contributed by atoms with E-state index in [1.165, 1.54) is 4.68 Å². The van der Waals surface area contributed by atoms with E-state index in [4.69, 9.17) is 15.2 Å². The number of aromatic nitrogens is 3. The highest BCUT2D eigenvalue weighted by atomic mass is 19.1. The topological polar surface area (TPSA) is 99.0 Å². The maximum absolute atomic E-state index is 15.0. The summed E-state index contributed by atoms with van der Waals surface area (Å²) in [5, 5.41) is 14.2. The number of anilines is 1. The smallest absolute Gasteiger partial charge is 0.227 e. The molecular formula is C20H20FN5O2. The lowest BCUT2D eigenvalue weighted by Gasteiger charge is -2.38. The van der Waals surface area contributed by atoms with Crippen molar-refractivity contribution in [1.82, 2.24) is 14.8 Å². The number of nitriles is 1. The van der Waals surface area contributed by atoms with Crippen molar-refractivity contribution < 1.29 is 13.9 Å². The van der Waals surface area contributed by atoms with Crippen molar-refractivity contribution in [1.29, 1.82) is 5.26 Å². The number of nitrogen functional groups attached to an aromatic ring is 1. The van der Waals surface area contributed by atoms with Crippen molar-refractivity contribution in [3.8, 4) is 11.9 Å². The number of fused-ring (bicyclic) bond motifs is 1. The molecule has 2 aromatic heterocycles. The minimum absolute atomic E-state index is 0.0560. The van der Waals surface area contributed by atoms with Crippen LogP contribution >= 0.6 is 0 Å². The number of benzene rings is 1. The van der Waals surface area contributed by atoms with Gasteiger partial charge in [-0.25, -0.2) is 9.37 Å². The third-order valence-electron chi connectivity index (χ3n) is 5.06. The lowest BCUT2D eigenvalue weighted by molar-refractivity contribution is -0.0572. The first-order chi connectivity index (χ1) is 13.7. The van der Waals surface area contributed by atoms with Crippen molar-refractivity contribution in [3.63, 3.8) is 0 Å². The van der Waals surface area contributed by atoms with E-state index in [1.54, 1.807) is 12.3 Å². The van der Waals surface area contributed by atoms with E-state index in [9.17, 15) is 5.26 Å². The predicted molar refractivity (Wildman–Crippen MR) is 101 cm³/mol. The molecule has 0 spiro atoms. The molecule has 1 saturated heterocycles. The molecule has 3 aromatic rings. The van der Waals surface area contributed by atoms with E-state index in [0.29, 0.717) is 30.0 Å². The van der Waals surface area contributed by atoms with Gasteiger partial charge in [-0.05, 0) is 11.6 Å². The van der Waals surface area contributed by atoms with Gasteiger partial charge in [0, 0.05) is 19.2 Å². The van der Waals surface area contributed by atoms with Gasteiger partial charge in [-0.3, -0.25) is 4.68 Å². The van der Waals surface area contributed by atoms with Crippen LogP contribution in [0.25, 0.3) is 10.9 Å². The zero-order valence-corrected chi connectivity index (χ0v) is 15.2. The van der Waals surface area contributed by atoms with Crippen LogP contribution in [-0.4, -0.2) is 34.1 Å². The zero-order chi connectivity index (χ0) is 19.6. The van der Waals surface area contributed by atoms with Gasteiger partial charge in [-0.15, -0.1) is 0 Å². The lowest BCUT2D eigenvalue weighted by atomic mass is 9.87. The van der Waals surface area contributed by atoms with Crippen molar-refractivity contribution in [3.05, 3.63) is 48.2 Å². The number of hydrogen-bond donors (Lipinski definition) is 1. The molecule has 28 heavy (non-hydrogen) atoms. The monoisotopic (exact) mass is 381 g/mol. The average molecular weight is 381 g/mol. The molecule has 7 nitrogen and oxygen atoms in total. The second-order valence-corrected chi connectivity index (χ2v) is 6.83. The summed E-state index contributed by atoms with van der Waals surface area (Å²) in [6.45, 7) is 0.687. The van der Waals surface area contributed by atoms with Crippen molar-refractivity contribution in [2.75, 3.05) is 18.9 Å². The molecule has 2 N–H and O–H groups in total. The Balaban J connectivity index is 1.76. The number of alkyl halides is 1. The van der Waals surface area contributed by atoms with E-state index in [2.05, 4.69) is 16.2 Å². The molecule has 3 heterocycles. The van der Waals surface area contributed by atoms with Crippen LogP contribution in [0.1, 0.15) is 18.4 Å². The fourth-order valence-corrected chi connectivity index (χ4v) is 3.60. The molecule has 1 aliphatic heterocycles. The quantitative estimate of drug-likeness (QED) is 0.729. The maximum Gasteiger partial charge on any atom is 0.227 e. The number of rotatable bonds is 5. The highest BCUT2D eigenvalue weighted by Gasteiger charge is 2.46. The van der Waals surface area contributed by atoms with Crippen molar-refractivity contribution in [2.45, 2.75) is 31.2 Å². The first kappa shape index (κ1) is 18.2. The van der Waals surface area contributed by atoms with E-state index >= 15 is 4.39 Å². The van der Waals surface area contributed by atoms with Crippen LogP contribution in [0, 0.1) is 11.3 Å². The zero-order valence-electron chi connectivity index (χ0n) is 15.2. The largest absolute Gasteiger partial charge is 0.472 e. The highest BCUT2D eigenvalue weighted by Crippen LogP contribution is 2.39. The lowest BCUT2D eigenvalue weighted by Crippen LogP contribution is -2.50. The molecule has 4 rings (SSSR count). The molecule has 144 valence electrons. The first-order valence-corrected chi connectivity index (χ1v) is 9.05. The number of pyridine rings is 1. The molecular weight excluding hydrogens is 361 g/mol. The summed E-state index contributed by atoms with van der Waals surface area (Å²) in [5.41, 5.74) is 6.49. The minimum Gasteiger partial charge on any atom is -0.472 e. The standard InChI is InChI=1S/C20H20FN5O2/c21-16-7-11-27-13-20(16,8-9-22)26-15-6-10-24-19(17(15)18(23)25-26)28-12-14-4-2-1-3-5-14/h1-6,10,16H,7-8,11-13H2,(H2,23,25)/t16-,20+/m0/s1. The number of hydrogen-bond acceptors (Lipinski definition) is 6. The van der Waals surface area contributed by atoms with E-state index in [1.807, 2.05) is 30.3 Å². The number of nitrogens with zero attached hydrogens (tertiary/aromatic N) is 4. The van der Waals surface area contributed by atoms with Crippen molar-refractivity contribution >= 4 is 16.7 Å². The summed E-state index contributed by atoms with van der Waals surface area (Å²) in [4.78, 5) is 4.28. The summed E-state index contributed by atoms with van der Waals surface area (Å²) in [6, 6.07) is 13.5. The van der Waals surface area contributed by atoms with Crippen LogP contribution in [0.5, 0.6) is 5.88 Å². The van der Waals surface area contributed by atoms with Gasteiger partial charge in [0.1, 0.15) is 23.7 Å². The summed E-state index contributed by atoms with van der Waals surface area (Å²) in [5.74, 6) is 0.505. The van der Waals surface area contributed by atoms with Gasteiger partial charge in [-0.1, -0.05) is 30.3 Å². The minimum atomic E-state index is -1.27. The Bertz CT molecular complexity index is 1020. The molecule has 0 saturated carbocycles. The summed E-state index contributed by atoms with van der Waals surface area (Å²) in [7, 11) is 0. The Morgan fingerprint density at radius 2 is 2.18 bits per heavy atom.